The summed E-state index contributed by atoms with van der Waals surface area (Å²) in [4.78, 5) is 12.4. The van der Waals surface area contributed by atoms with Crippen molar-refractivity contribution in [3.8, 4) is 0 Å². The number of hydrogen-bond acceptors (Lipinski definition) is 5. The largest absolute Gasteiger partial charge is 0.344 e. The van der Waals surface area contributed by atoms with Crippen molar-refractivity contribution >= 4 is 15.9 Å². The zero-order chi connectivity index (χ0) is 19.4. The first kappa shape index (κ1) is 18.7. The molecule has 9 heteroatoms. The lowest BCUT2D eigenvalue weighted by atomic mass is 10.1. The Morgan fingerprint density at radius 1 is 1.15 bits per heavy atom. The van der Waals surface area contributed by atoms with Crippen molar-refractivity contribution in [1.29, 1.82) is 0 Å². The predicted octanol–water partition coefficient (Wildman–Crippen LogP) is 1.46. The number of aromatic nitrogens is 3. The molecule has 0 saturated carbocycles. The highest BCUT2D eigenvalue weighted by atomic mass is 32.2. The minimum Gasteiger partial charge on any atom is -0.344 e. The van der Waals surface area contributed by atoms with Gasteiger partial charge in [-0.2, -0.15) is 0 Å². The lowest BCUT2D eigenvalue weighted by Crippen LogP contribution is -2.27. The second kappa shape index (κ2) is 7.68. The molecule has 27 heavy (non-hydrogen) atoms. The topological polar surface area (TPSA) is 120 Å². The molecule has 3 aromatic rings. The SMILES string of the molecule is CC(NC(=O)c1cn(Cc2ccccc2)nn1)c1ccc(S(N)(=O)=O)cc1. The van der Waals surface area contributed by atoms with Crippen LogP contribution in [-0.2, 0) is 16.6 Å². The van der Waals surface area contributed by atoms with E-state index in [9.17, 15) is 13.2 Å². The van der Waals surface area contributed by atoms with Gasteiger partial charge in [-0.25, -0.2) is 18.2 Å². The molecule has 0 aliphatic rings. The van der Waals surface area contributed by atoms with Crippen molar-refractivity contribution in [1.82, 2.24) is 20.3 Å². The van der Waals surface area contributed by atoms with E-state index in [0.717, 1.165) is 11.1 Å². The van der Waals surface area contributed by atoms with E-state index in [-0.39, 0.29) is 22.5 Å². The fraction of sp³-hybridized carbons (Fsp3) is 0.167. The Labute approximate surface area is 157 Å². The molecule has 1 heterocycles. The number of benzene rings is 2. The third kappa shape index (κ3) is 4.78. The van der Waals surface area contributed by atoms with Gasteiger partial charge in [0.2, 0.25) is 10.0 Å². The molecule has 0 spiro atoms. The van der Waals surface area contributed by atoms with E-state index in [2.05, 4.69) is 15.6 Å². The summed E-state index contributed by atoms with van der Waals surface area (Å²) < 4.78 is 24.2. The molecule has 3 N–H and O–H groups in total. The molecule has 1 atom stereocenters. The normalized spacial score (nSPS) is 12.5. The summed E-state index contributed by atoms with van der Waals surface area (Å²) in [5, 5.41) is 15.8. The molecule has 0 saturated heterocycles. The van der Waals surface area contributed by atoms with Crippen molar-refractivity contribution in [3.05, 3.63) is 77.6 Å². The molecule has 140 valence electrons. The predicted molar refractivity (Wildman–Crippen MR) is 99.3 cm³/mol. The lowest BCUT2D eigenvalue weighted by molar-refractivity contribution is 0.0934. The summed E-state index contributed by atoms with van der Waals surface area (Å²) in [5.41, 5.74) is 2.00. The Morgan fingerprint density at radius 2 is 1.81 bits per heavy atom. The van der Waals surface area contributed by atoms with Crippen LogP contribution in [0.3, 0.4) is 0 Å². The van der Waals surface area contributed by atoms with Crippen LogP contribution < -0.4 is 10.5 Å². The zero-order valence-corrected chi connectivity index (χ0v) is 15.4. The highest BCUT2D eigenvalue weighted by molar-refractivity contribution is 7.89. The highest BCUT2D eigenvalue weighted by Crippen LogP contribution is 2.16. The summed E-state index contributed by atoms with van der Waals surface area (Å²) >= 11 is 0. The van der Waals surface area contributed by atoms with Crippen molar-refractivity contribution in [2.45, 2.75) is 24.4 Å². The average molecular weight is 385 g/mol. The van der Waals surface area contributed by atoms with E-state index in [4.69, 9.17) is 5.14 Å². The molecule has 2 aromatic carbocycles. The molecule has 0 aliphatic heterocycles. The number of amides is 1. The molecule has 1 amide bonds. The molecule has 0 fully saturated rings. The summed E-state index contributed by atoms with van der Waals surface area (Å²) in [5.74, 6) is -0.364. The van der Waals surface area contributed by atoms with Gasteiger partial charge in [-0.05, 0) is 30.2 Å². The molecular formula is C18H19N5O3S. The van der Waals surface area contributed by atoms with Gasteiger partial charge in [0.15, 0.2) is 5.69 Å². The summed E-state index contributed by atoms with van der Waals surface area (Å²) in [7, 11) is -3.74. The Morgan fingerprint density at radius 3 is 2.44 bits per heavy atom. The van der Waals surface area contributed by atoms with Gasteiger partial charge in [0.25, 0.3) is 5.91 Å². The van der Waals surface area contributed by atoms with E-state index < -0.39 is 10.0 Å². The fourth-order valence-corrected chi connectivity index (χ4v) is 3.07. The van der Waals surface area contributed by atoms with Crippen LogP contribution in [0.5, 0.6) is 0 Å². The summed E-state index contributed by atoms with van der Waals surface area (Å²) in [6.07, 6.45) is 1.58. The number of carbonyl (C=O) groups excluding carboxylic acids is 1. The molecule has 0 bridgehead atoms. The molecule has 0 radical (unpaired) electrons. The van der Waals surface area contributed by atoms with E-state index in [0.29, 0.717) is 6.54 Å². The minimum absolute atomic E-state index is 0.0219. The second-order valence-electron chi connectivity index (χ2n) is 6.10. The third-order valence-corrected chi connectivity index (χ3v) is 4.94. The monoisotopic (exact) mass is 385 g/mol. The molecule has 3 rings (SSSR count). The van der Waals surface area contributed by atoms with Gasteiger partial charge in [0, 0.05) is 0 Å². The number of hydrogen-bond donors (Lipinski definition) is 2. The van der Waals surface area contributed by atoms with Gasteiger partial charge in [0.05, 0.1) is 23.7 Å². The van der Waals surface area contributed by atoms with Crippen LogP contribution in [-0.4, -0.2) is 29.3 Å². The number of sulfonamides is 1. The van der Waals surface area contributed by atoms with Crippen LogP contribution in [0.1, 0.15) is 34.6 Å². The van der Waals surface area contributed by atoms with E-state index in [1.54, 1.807) is 29.9 Å². The molecular weight excluding hydrogens is 366 g/mol. The number of nitrogens with zero attached hydrogens (tertiary/aromatic N) is 3. The Kier molecular flexibility index (Phi) is 5.33. The summed E-state index contributed by atoms with van der Waals surface area (Å²) in [6, 6.07) is 15.4. The minimum atomic E-state index is -3.74. The number of nitrogens with one attached hydrogen (secondary N) is 1. The maximum absolute atomic E-state index is 12.4. The van der Waals surface area contributed by atoms with Crippen LogP contribution in [0.15, 0.2) is 65.7 Å². The first-order valence-electron chi connectivity index (χ1n) is 8.20. The van der Waals surface area contributed by atoms with Gasteiger partial charge < -0.3 is 5.32 Å². The van der Waals surface area contributed by atoms with E-state index in [1.165, 1.54) is 12.1 Å². The first-order valence-corrected chi connectivity index (χ1v) is 9.75. The second-order valence-corrected chi connectivity index (χ2v) is 7.66. The van der Waals surface area contributed by atoms with Crippen LogP contribution >= 0.6 is 0 Å². The fourth-order valence-electron chi connectivity index (χ4n) is 2.55. The van der Waals surface area contributed by atoms with Gasteiger partial charge in [-0.3, -0.25) is 4.79 Å². The van der Waals surface area contributed by atoms with Crippen molar-refractivity contribution in [3.63, 3.8) is 0 Å². The van der Waals surface area contributed by atoms with Crippen LogP contribution in [0.25, 0.3) is 0 Å². The number of nitrogens with two attached hydrogens (primary N) is 1. The van der Waals surface area contributed by atoms with Crippen molar-refractivity contribution < 1.29 is 13.2 Å². The Hall–Kier alpha value is -3.04. The van der Waals surface area contributed by atoms with Crippen molar-refractivity contribution in [2.24, 2.45) is 5.14 Å². The van der Waals surface area contributed by atoms with Crippen LogP contribution in [0.2, 0.25) is 0 Å². The van der Waals surface area contributed by atoms with Gasteiger partial charge in [-0.15, -0.1) is 5.10 Å². The number of rotatable bonds is 6. The molecule has 0 aliphatic carbocycles. The van der Waals surface area contributed by atoms with Crippen LogP contribution in [0.4, 0.5) is 0 Å². The van der Waals surface area contributed by atoms with Gasteiger partial charge in [0.1, 0.15) is 0 Å². The van der Waals surface area contributed by atoms with E-state index >= 15 is 0 Å². The third-order valence-electron chi connectivity index (χ3n) is 4.01. The average Bonchev–Trinajstić information content (AvgIpc) is 3.10. The standard InChI is InChI=1S/C18H19N5O3S/c1-13(15-7-9-16(10-8-15)27(19,25)26)20-18(24)17-12-23(22-21-17)11-14-5-3-2-4-6-14/h2-10,12-13H,11H2,1H3,(H,20,24)(H2,19,25,26). The molecule has 1 aromatic heterocycles. The Bertz CT molecular complexity index is 1030. The van der Waals surface area contributed by atoms with Crippen LogP contribution in [0, 0.1) is 0 Å². The van der Waals surface area contributed by atoms with Gasteiger partial charge in [-0.1, -0.05) is 47.7 Å². The molecule has 1 unspecified atom stereocenters. The number of primary sulfonamides is 1. The maximum atomic E-state index is 12.4. The summed E-state index contributed by atoms with van der Waals surface area (Å²) in [6.45, 7) is 2.31. The number of carbonyl (C=O) groups is 1. The zero-order valence-electron chi connectivity index (χ0n) is 14.6. The Balaban J connectivity index is 1.65. The maximum Gasteiger partial charge on any atom is 0.273 e. The van der Waals surface area contributed by atoms with E-state index in [1.807, 2.05) is 30.3 Å². The van der Waals surface area contributed by atoms with Crippen molar-refractivity contribution in [2.75, 3.05) is 0 Å². The first-order chi connectivity index (χ1) is 12.8. The molecule has 8 nitrogen and oxygen atoms in total. The smallest absolute Gasteiger partial charge is 0.273 e. The van der Waals surface area contributed by atoms with Gasteiger partial charge >= 0.3 is 0 Å². The quantitative estimate of drug-likeness (QED) is 0.666. The highest BCUT2D eigenvalue weighted by Gasteiger charge is 2.16. The lowest BCUT2D eigenvalue weighted by Gasteiger charge is -2.13.